The quantitative estimate of drug-likeness (QED) is 0.614. The zero-order valence-corrected chi connectivity index (χ0v) is 15.9. The number of rotatable bonds is 6. The van der Waals surface area contributed by atoms with Crippen LogP contribution in [0.2, 0.25) is 0 Å². The van der Waals surface area contributed by atoms with Crippen molar-refractivity contribution in [2.24, 2.45) is 0 Å². The second-order valence-electron chi connectivity index (χ2n) is 6.53. The van der Waals surface area contributed by atoms with Gasteiger partial charge in [0.1, 0.15) is 5.82 Å². The van der Waals surface area contributed by atoms with Gasteiger partial charge in [-0.3, -0.25) is 4.79 Å². The predicted molar refractivity (Wildman–Crippen MR) is 97.5 cm³/mol. The van der Waals surface area contributed by atoms with Crippen LogP contribution in [0.3, 0.4) is 0 Å². The average Bonchev–Trinajstić information content (AvgIpc) is 3.12. The second-order valence-corrected chi connectivity index (χ2v) is 6.53. The zero-order valence-electron chi connectivity index (χ0n) is 15.9. The summed E-state index contributed by atoms with van der Waals surface area (Å²) in [5.41, 5.74) is -1.98. The molecule has 1 amide bonds. The first kappa shape index (κ1) is 21.2. The standard InChI is InChI=1S/C19H17F4N5O2/c1-11(2)30-15-7-6-12(9-24-15)10-25-18(29)16-17(19(21,22)23)28(27-26-16)14-5-3-4-13(20)8-14/h3-9,11H,10H2,1-2H3,(H,25,29). The lowest BCUT2D eigenvalue weighted by molar-refractivity contribution is -0.143. The van der Waals surface area contributed by atoms with Crippen LogP contribution in [0.1, 0.15) is 35.6 Å². The smallest absolute Gasteiger partial charge is 0.435 e. The number of ether oxygens (including phenoxy) is 1. The first-order valence-electron chi connectivity index (χ1n) is 8.84. The first-order valence-corrected chi connectivity index (χ1v) is 8.84. The second kappa shape index (κ2) is 8.47. The van der Waals surface area contributed by atoms with Crippen molar-refractivity contribution in [2.75, 3.05) is 0 Å². The summed E-state index contributed by atoms with van der Waals surface area (Å²) in [6.45, 7) is 3.59. The number of carbonyl (C=O) groups is 1. The minimum Gasteiger partial charge on any atom is -0.475 e. The van der Waals surface area contributed by atoms with Gasteiger partial charge in [0.2, 0.25) is 5.88 Å². The molecule has 0 fully saturated rings. The van der Waals surface area contributed by atoms with Gasteiger partial charge in [-0.15, -0.1) is 5.10 Å². The van der Waals surface area contributed by atoms with Crippen molar-refractivity contribution in [3.05, 3.63) is 65.4 Å². The lowest BCUT2D eigenvalue weighted by Gasteiger charge is -2.11. The lowest BCUT2D eigenvalue weighted by atomic mass is 10.2. The molecule has 0 aliphatic heterocycles. The van der Waals surface area contributed by atoms with E-state index in [0.717, 1.165) is 12.1 Å². The first-order chi connectivity index (χ1) is 14.1. The van der Waals surface area contributed by atoms with Crippen LogP contribution in [-0.4, -0.2) is 32.0 Å². The van der Waals surface area contributed by atoms with Gasteiger partial charge in [-0.2, -0.15) is 13.2 Å². The van der Waals surface area contributed by atoms with E-state index >= 15 is 0 Å². The van der Waals surface area contributed by atoms with E-state index in [1.165, 1.54) is 18.3 Å². The van der Waals surface area contributed by atoms with Crippen LogP contribution in [0.5, 0.6) is 5.88 Å². The van der Waals surface area contributed by atoms with E-state index in [0.29, 0.717) is 16.1 Å². The molecule has 3 rings (SSSR count). The van der Waals surface area contributed by atoms with E-state index in [1.54, 1.807) is 12.1 Å². The van der Waals surface area contributed by atoms with Gasteiger partial charge in [0.25, 0.3) is 5.91 Å². The minimum absolute atomic E-state index is 0.0652. The minimum atomic E-state index is -4.94. The molecular weight excluding hydrogens is 406 g/mol. The predicted octanol–water partition coefficient (Wildman–Crippen LogP) is 3.54. The van der Waals surface area contributed by atoms with Crippen LogP contribution in [-0.2, 0) is 12.7 Å². The van der Waals surface area contributed by atoms with Crippen molar-refractivity contribution in [2.45, 2.75) is 32.7 Å². The van der Waals surface area contributed by atoms with Gasteiger partial charge in [-0.1, -0.05) is 17.3 Å². The van der Waals surface area contributed by atoms with Crippen LogP contribution >= 0.6 is 0 Å². The molecule has 7 nitrogen and oxygen atoms in total. The Morgan fingerprint density at radius 1 is 1.23 bits per heavy atom. The molecule has 1 N–H and O–H groups in total. The van der Waals surface area contributed by atoms with Crippen molar-refractivity contribution >= 4 is 5.91 Å². The molecule has 1 aromatic carbocycles. The van der Waals surface area contributed by atoms with E-state index in [2.05, 4.69) is 20.6 Å². The third kappa shape index (κ3) is 4.91. The maximum Gasteiger partial charge on any atom is 0.435 e. The number of benzene rings is 1. The van der Waals surface area contributed by atoms with E-state index in [-0.39, 0.29) is 18.3 Å². The number of hydrogen-bond donors (Lipinski definition) is 1. The number of hydrogen-bond acceptors (Lipinski definition) is 5. The van der Waals surface area contributed by atoms with E-state index in [4.69, 9.17) is 4.74 Å². The molecule has 0 spiro atoms. The van der Waals surface area contributed by atoms with Crippen LogP contribution in [0, 0.1) is 5.82 Å². The van der Waals surface area contributed by atoms with Crippen molar-refractivity contribution in [3.63, 3.8) is 0 Å². The molecule has 30 heavy (non-hydrogen) atoms. The van der Waals surface area contributed by atoms with Crippen molar-refractivity contribution in [1.29, 1.82) is 0 Å². The van der Waals surface area contributed by atoms with Crippen molar-refractivity contribution < 1.29 is 27.1 Å². The van der Waals surface area contributed by atoms with Crippen molar-refractivity contribution in [3.8, 4) is 11.6 Å². The van der Waals surface area contributed by atoms with Gasteiger partial charge in [-0.25, -0.2) is 14.1 Å². The maximum atomic E-state index is 13.6. The molecule has 0 radical (unpaired) electrons. The summed E-state index contributed by atoms with van der Waals surface area (Å²) in [5.74, 6) is -1.44. The van der Waals surface area contributed by atoms with Crippen LogP contribution < -0.4 is 10.1 Å². The Bertz CT molecular complexity index is 1030. The lowest BCUT2D eigenvalue weighted by Crippen LogP contribution is -2.27. The molecule has 0 aliphatic carbocycles. The summed E-state index contributed by atoms with van der Waals surface area (Å²) < 4.78 is 60.0. The highest BCUT2D eigenvalue weighted by atomic mass is 19.4. The van der Waals surface area contributed by atoms with Gasteiger partial charge in [-0.05, 0) is 37.6 Å². The van der Waals surface area contributed by atoms with Gasteiger partial charge < -0.3 is 10.1 Å². The molecule has 3 aromatic rings. The monoisotopic (exact) mass is 423 g/mol. The maximum absolute atomic E-state index is 13.6. The summed E-state index contributed by atoms with van der Waals surface area (Å²) in [5, 5.41) is 9.12. The third-order valence-electron chi connectivity index (χ3n) is 3.81. The number of aromatic nitrogens is 4. The molecule has 0 bridgehead atoms. The molecule has 0 saturated heterocycles. The fraction of sp³-hybridized carbons (Fsp3) is 0.263. The van der Waals surface area contributed by atoms with Gasteiger partial charge in [0, 0.05) is 18.8 Å². The molecule has 2 heterocycles. The Kier molecular flexibility index (Phi) is 5.99. The number of carbonyl (C=O) groups excluding carboxylic acids is 1. The number of halogens is 4. The average molecular weight is 423 g/mol. The van der Waals surface area contributed by atoms with E-state index < -0.39 is 29.3 Å². The Labute approximate surface area is 168 Å². The van der Waals surface area contributed by atoms with E-state index in [9.17, 15) is 22.4 Å². The molecule has 0 aliphatic rings. The Hall–Kier alpha value is -3.50. The fourth-order valence-corrected chi connectivity index (χ4v) is 2.57. The molecule has 0 saturated carbocycles. The van der Waals surface area contributed by atoms with Gasteiger partial charge in [0.15, 0.2) is 11.4 Å². The van der Waals surface area contributed by atoms with Crippen LogP contribution in [0.4, 0.5) is 17.6 Å². The zero-order chi connectivity index (χ0) is 21.9. The topological polar surface area (TPSA) is 81.9 Å². The summed E-state index contributed by atoms with van der Waals surface area (Å²) >= 11 is 0. The molecule has 0 atom stereocenters. The number of nitrogens with one attached hydrogen (secondary N) is 1. The molecule has 158 valence electrons. The van der Waals surface area contributed by atoms with E-state index in [1.807, 2.05) is 13.8 Å². The van der Waals surface area contributed by atoms with Crippen LogP contribution in [0.15, 0.2) is 42.6 Å². The highest BCUT2D eigenvalue weighted by Crippen LogP contribution is 2.32. The summed E-state index contributed by atoms with van der Waals surface area (Å²) in [6, 6.07) is 7.60. The fourth-order valence-electron chi connectivity index (χ4n) is 2.57. The number of nitrogens with zero attached hydrogens (tertiary/aromatic N) is 4. The van der Waals surface area contributed by atoms with Crippen LogP contribution in [0.25, 0.3) is 5.69 Å². The highest BCUT2D eigenvalue weighted by Gasteiger charge is 2.42. The Morgan fingerprint density at radius 3 is 2.60 bits per heavy atom. The molecule has 2 aromatic heterocycles. The molecule has 11 heteroatoms. The molecular formula is C19H17F4N5O2. The third-order valence-corrected chi connectivity index (χ3v) is 3.81. The summed E-state index contributed by atoms with van der Waals surface area (Å²) in [4.78, 5) is 16.4. The summed E-state index contributed by atoms with van der Waals surface area (Å²) in [7, 11) is 0. The van der Waals surface area contributed by atoms with Gasteiger partial charge >= 0.3 is 6.18 Å². The van der Waals surface area contributed by atoms with Gasteiger partial charge in [0.05, 0.1) is 11.8 Å². The normalized spacial score (nSPS) is 11.6. The Balaban J connectivity index is 1.80. The number of amides is 1. The SMILES string of the molecule is CC(C)Oc1ccc(CNC(=O)c2nnn(-c3cccc(F)c3)c2C(F)(F)F)cn1. The summed E-state index contributed by atoms with van der Waals surface area (Å²) in [6.07, 6.45) is -3.57. The number of alkyl halides is 3. The highest BCUT2D eigenvalue weighted by molar-refractivity contribution is 5.93. The Morgan fingerprint density at radius 2 is 2.00 bits per heavy atom. The largest absolute Gasteiger partial charge is 0.475 e. The van der Waals surface area contributed by atoms with Crippen molar-refractivity contribution in [1.82, 2.24) is 25.3 Å². The number of pyridine rings is 1. The molecule has 0 unspecified atom stereocenters.